The fraction of sp³-hybridized carbons (Fsp3) is 0.467. The predicted octanol–water partition coefficient (Wildman–Crippen LogP) is 2.87. The van der Waals surface area contributed by atoms with E-state index in [-0.39, 0.29) is 6.04 Å². The molecular formula is C15H21ClN2O. The number of halogens is 1. The molecule has 3 nitrogen and oxygen atoms in total. The predicted molar refractivity (Wildman–Crippen MR) is 80.0 cm³/mol. The molecule has 1 atom stereocenters. The van der Waals surface area contributed by atoms with Crippen molar-refractivity contribution in [2.75, 3.05) is 33.3 Å². The van der Waals surface area contributed by atoms with E-state index in [2.05, 4.69) is 16.8 Å². The van der Waals surface area contributed by atoms with Gasteiger partial charge >= 0.3 is 0 Å². The zero-order valence-corrected chi connectivity index (χ0v) is 12.1. The number of benzene rings is 1. The Bertz CT molecular complexity index is 430. The molecule has 0 aliphatic carbocycles. The van der Waals surface area contributed by atoms with Crippen molar-refractivity contribution in [3.05, 3.63) is 41.4 Å². The van der Waals surface area contributed by atoms with Crippen molar-refractivity contribution in [1.82, 2.24) is 10.2 Å². The van der Waals surface area contributed by atoms with Gasteiger partial charge in [0.05, 0.1) is 7.11 Å². The molecular weight excluding hydrogens is 260 g/mol. The molecule has 0 spiro atoms. The molecule has 1 aliphatic rings. The van der Waals surface area contributed by atoms with Crippen molar-refractivity contribution in [2.45, 2.75) is 12.5 Å². The minimum absolute atomic E-state index is 0.285. The van der Waals surface area contributed by atoms with E-state index in [4.69, 9.17) is 16.3 Å². The van der Waals surface area contributed by atoms with Crippen molar-refractivity contribution in [3.63, 3.8) is 0 Å². The molecule has 0 aromatic heterocycles. The lowest BCUT2D eigenvalue weighted by Gasteiger charge is -2.35. The fourth-order valence-electron chi connectivity index (χ4n) is 2.59. The van der Waals surface area contributed by atoms with Crippen LogP contribution >= 0.6 is 11.6 Å². The van der Waals surface area contributed by atoms with Gasteiger partial charge in [-0.25, -0.2) is 0 Å². The summed E-state index contributed by atoms with van der Waals surface area (Å²) in [5, 5.41) is 4.13. The number of hydrogen-bond acceptors (Lipinski definition) is 3. The first-order valence-corrected chi connectivity index (χ1v) is 7.03. The third-order valence-corrected chi connectivity index (χ3v) is 3.77. The SMILES string of the molecule is C=CC[C@@H](c1cc(Cl)ccc1OC)N1CCNCC1. The Hall–Kier alpha value is -1.03. The second-order valence-electron chi connectivity index (χ2n) is 4.71. The first-order valence-electron chi connectivity index (χ1n) is 6.65. The largest absolute Gasteiger partial charge is 0.496 e. The Morgan fingerprint density at radius 3 is 2.84 bits per heavy atom. The van der Waals surface area contributed by atoms with Gasteiger partial charge < -0.3 is 10.1 Å². The van der Waals surface area contributed by atoms with E-state index in [9.17, 15) is 0 Å². The third-order valence-electron chi connectivity index (χ3n) is 3.53. The van der Waals surface area contributed by atoms with Gasteiger partial charge in [-0.3, -0.25) is 4.90 Å². The van der Waals surface area contributed by atoms with Gasteiger partial charge in [0.25, 0.3) is 0 Å². The highest BCUT2D eigenvalue weighted by molar-refractivity contribution is 6.30. The minimum Gasteiger partial charge on any atom is -0.496 e. The number of nitrogens with one attached hydrogen (secondary N) is 1. The van der Waals surface area contributed by atoms with E-state index in [1.807, 2.05) is 24.3 Å². The lowest BCUT2D eigenvalue weighted by molar-refractivity contribution is 0.171. The first-order chi connectivity index (χ1) is 9.26. The van der Waals surface area contributed by atoms with Crippen LogP contribution in [0.15, 0.2) is 30.9 Å². The number of methoxy groups -OCH3 is 1. The zero-order valence-electron chi connectivity index (χ0n) is 11.4. The summed E-state index contributed by atoms with van der Waals surface area (Å²) in [5.74, 6) is 0.898. The molecule has 2 rings (SSSR count). The zero-order chi connectivity index (χ0) is 13.7. The van der Waals surface area contributed by atoms with Crippen molar-refractivity contribution in [2.24, 2.45) is 0 Å². The molecule has 1 aromatic rings. The van der Waals surface area contributed by atoms with Crippen LogP contribution in [0.25, 0.3) is 0 Å². The Balaban J connectivity index is 2.31. The normalized spacial score (nSPS) is 18.0. The van der Waals surface area contributed by atoms with Gasteiger partial charge in [0.15, 0.2) is 0 Å². The first kappa shape index (κ1) is 14.4. The lowest BCUT2D eigenvalue weighted by Crippen LogP contribution is -2.45. The van der Waals surface area contributed by atoms with E-state index >= 15 is 0 Å². The molecule has 0 unspecified atom stereocenters. The molecule has 1 saturated heterocycles. The van der Waals surface area contributed by atoms with Gasteiger partial charge in [-0.15, -0.1) is 6.58 Å². The Morgan fingerprint density at radius 2 is 2.21 bits per heavy atom. The summed E-state index contributed by atoms with van der Waals surface area (Å²) >= 11 is 6.14. The topological polar surface area (TPSA) is 24.5 Å². The van der Waals surface area contributed by atoms with Gasteiger partial charge in [-0.2, -0.15) is 0 Å². The van der Waals surface area contributed by atoms with Crippen LogP contribution in [0.5, 0.6) is 5.75 Å². The number of rotatable bonds is 5. The summed E-state index contributed by atoms with van der Waals surface area (Å²) in [6.45, 7) is 8.00. The molecule has 0 saturated carbocycles. The second kappa shape index (κ2) is 6.94. The number of ether oxygens (including phenoxy) is 1. The summed E-state index contributed by atoms with van der Waals surface area (Å²) in [4.78, 5) is 2.46. The number of hydrogen-bond donors (Lipinski definition) is 1. The average Bonchev–Trinajstić information content (AvgIpc) is 2.45. The summed E-state index contributed by atoms with van der Waals surface area (Å²) in [7, 11) is 1.70. The molecule has 1 fully saturated rings. The summed E-state index contributed by atoms with van der Waals surface area (Å²) in [6, 6.07) is 6.10. The van der Waals surface area contributed by atoms with Crippen LogP contribution in [0.4, 0.5) is 0 Å². The van der Waals surface area contributed by atoms with Crippen LogP contribution in [0.3, 0.4) is 0 Å². The quantitative estimate of drug-likeness (QED) is 0.840. The van der Waals surface area contributed by atoms with Crippen LogP contribution < -0.4 is 10.1 Å². The highest BCUT2D eigenvalue weighted by Crippen LogP contribution is 2.34. The molecule has 0 bridgehead atoms. The second-order valence-corrected chi connectivity index (χ2v) is 5.15. The van der Waals surface area contributed by atoms with Gasteiger partial charge in [0, 0.05) is 42.8 Å². The number of nitrogens with zero attached hydrogens (tertiary/aromatic N) is 1. The molecule has 1 aliphatic heterocycles. The van der Waals surface area contributed by atoms with E-state index in [0.29, 0.717) is 0 Å². The van der Waals surface area contributed by atoms with Gasteiger partial charge in [-0.1, -0.05) is 17.7 Å². The van der Waals surface area contributed by atoms with Crippen LogP contribution in [-0.4, -0.2) is 38.2 Å². The van der Waals surface area contributed by atoms with Crippen LogP contribution in [0.2, 0.25) is 5.02 Å². The monoisotopic (exact) mass is 280 g/mol. The summed E-state index contributed by atoms with van der Waals surface area (Å²) in [5.41, 5.74) is 1.15. The Kier molecular flexibility index (Phi) is 5.25. The number of piperazine rings is 1. The lowest BCUT2D eigenvalue weighted by atomic mass is 10.00. The molecule has 1 heterocycles. The van der Waals surface area contributed by atoms with Gasteiger partial charge in [0.1, 0.15) is 5.75 Å². The maximum absolute atomic E-state index is 6.14. The maximum Gasteiger partial charge on any atom is 0.123 e. The smallest absolute Gasteiger partial charge is 0.123 e. The molecule has 104 valence electrons. The molecule has 0 radical (unpaired) electrons. The third kappa shape index (κ3) is 3.50. The van der Waals surface area contributed by atoms with E-state index in [1.165, 1.54) is 0 Å². The standard InChI is InChI=1S/C15H21ClN2O/c1-3-4-14(18-9-7-17-8-10-18)13-11-12(16)5-6-15(13)19-2/h3,5-6,11,14,17H,1,4,7-10H2,2H3/t14-/m0/s1. The van der Waals surface area contributed by atoms with Crippen LogP contribution in [0.1, 0.15) is 18.0 Å². The highest BCUT2D eigenvalue weighted by atomic mass is 35.5. The van der Waals surface area contributed by atoms with Gasteiger partial charge in [0.2, 0.25) is 0 Å². The fourth-order valence-corrected chi connectivity index (χ4v) is 2.77. The van der Waals surface area contributed by atoms with E-state index in [0.717, 1.165) is 48.9 Å². The minimum atomic E-state index is 0.285. The highest BCUT2D eigenvalue weighted by Gasteiger charge is 2.23. The van der Waals surface area contributed by atoms with Crippen molar-refractivity contribution in [3.8, 4) is 5.75 Å². The Morgan fingerprint density at radius 1 is 1.47 bits per heavy atom. The molecule has 1 aromatic carbocycles. The van der Waals surface area contributed by atoms with E-state index < -0.39 is 0 Å². The molecule has 1 N–H and O–H groups in total. The van der Waals surface area contributed by atoms with Crippen LogP contribution in [-0.2, 0) is 0 Å². The van der Waals surface area contributed by atoms with Crippen LogP contribution in [0, 0.1) is 0 Å². The molecule has 0 amide bonds. The average molecular weight is 281 g/mol. The summed E-state index contributed by atoms with van der Waals surface area (Å²) < 4.78 is 5.48. The van der Waals surface area contributed by atoms with Crippen molar-refractivity contribution in [1.29, 1.82) is 0 Å². The van der Waals surface area contributed by atoms with E-state index in [1.54, 1.807) is 7.11 Å². The molecule has 4 heteroatoms. The Labute approximate surface area is 120 Å². The van der Waals surface area contributed by atoms with Crippen molar-refractivity contribution >= 4 is 11.6 Å². The summed E-state index contributed by atoms with van der Waals surface area (Å²) in [6.07, 6.45) is 2.86. The molecule has 19 heavy (non-hydrogen) atoms. The van der Waals surface area contributed by atoms with Crippen molar-refractivity contribution < 1.29 is 4.74 Å². The maximum atomic E-state index is 6.14. The van der Waals surface area contributed by atoms with Gasteiger partial charge in [-0.05, 0) is 24.6 Å².